The number of benzene rings is 2. The summed E-state index contributed by atoms with van der Waals surface area (Å²) in [6.07, 6.45) is 1.44. The number of hydrazone groups is 1. The second-order valence-electron chi connectivity index (χ2n) is 4.86. The minimum absolute atomic E-state index is 0.245. The number of halogens is 3. The van der Waals surface area contributed by atoms with Crippen LogP contribution in [-0.4, -0.2) is 32.9 Å². The lowest BCUT2D eigenvalue weighted by molar-refractivity contribution is -0.123. The average Bonchev–Trinajstić information content (AvgIpc) is 2.63. The van der Waals surface area contributed by atoms with E-state index >= 15 is 0 Å². The first-order chi connectivity index (χ1) is 12.5. The van der Waals surface area contributed by atoms with Crippen LogP contribution in [0.15, 0.2) is 35.4 Å². The van der Waals surface area contributed by atoms with Crippen molar-refractivity contribution < 1.29 is 19.0 Å². The molecule has 0 heterocycles. The normalized spacial score (nSPS) is 10.7. The molecule has 0 unspecified atom stereocenters. The molecule has 0 fully saturated rings. The molecule has 0 atom stereocenters. The molecule has 0 aliphatic carbocycles. The van der Waals surface area contributed by atoms with Gasteiger partial charge < -0.3 is 14.2 Å². The lowest BCUT2D eigenvalue weighted by Gasteiger charge is -2.10. The molecule has 2 aromatic rings. The number of rotatable bonds is 7. The van der Waals surface area contributed by atoms with Crippen LogP contribution in [-0.2, 0) is 4.79 Å². The van der Waals surface area contributed by atoms with Gasteiger partial charge in [-0.15, -0.1) is 0 Å². The quantitative estimate of drug-likeness (QED) is 0.416. The second-order valence-corrected chi connectivity index (χ2v) is 6.08. The van der Waals surface area contributed by atoms with Crippen LogP contribution in [0.5, 0.6) is 17.2 Å². The van der Waals surface area contributed by atoms with Crippen molar-refractivity contribution in [3.05, 3.63) is 51.0 Å². The molecule has 0 saturated heterocycles. The molecule has 1 N–H and O–H groups in total. The standard InChI is InChI=1S/C17H15Cl3N2O4/c1-24-14-5-3-4-10(17(14)25-2)8-21-22-16(23)9-26-15-7-12(19)11(18)6-13(15)20/h3-8H,9H2,1-2H3,(H,22,23)/b21-8+. The largest absolute Gasteiger partial charge is 0.493 e. The SMILES string of the molecule is COc1cccc(/C=N/NC(=O)COc2cc(Cl)c(Cl)cc2Cl)c1OC. The highest BCUT2D eigenvalue weighted by Crippen LogP contribution is 2.33. The molecule has 0 aliphatic rings. The Kier molecular flexibility index (Phi) is 7.38. The molecule has 0 spiro atoms. The molecule has 138 valence electrons. The van der Waals surface area contributed by atoms with Crippen molar-refractivity contribution in [2.75, 3.05) is 20.8 Å². The topological polar surface area (TPSA) is 69.2 Å². The summed E-state index contributed by atoms with van der Waals surface area (Å²) in [5, 5.41) is 4.69. The molecule has 0 aromatic heterocycles. The van der Waals surface area contributed by atoms with Crippen molar-refractivity contribution in [2.45, 2.75) is 0 Å². The zero-order chi connectivity index (χ0) is 19.1. The van der Waals surface area contributed by atoms with E-state index in [0.717, 1.165) is 0 Å². The van der Waals surface area contributed by atoms with E-state index in [-0.39, 0.29) is 22.4 Å². The fraction of sp³-hybridized carbons (Fsp3) is 0.176. The summed E-state index contributed by atoms with van der Waals surface area (Å²) in [6, 6.07) is 8.17. The third-order valence-corrected chi connectivity index (χ3v) is 4.18. The van der Waals surface area contributed by atoms with E-state index in [1.807, 2.05) is 0 Å². The van der Waals surface area contributed by atoms with E-state index in [9.17, 15) is 4.79 Å². The molecule has 0 saturated carbocycles. The smallest absolute Gasteiger partial charge is 0.277 e. The number of hydrogen-bond acceptors (Lipinski definition) is 5. The highest BCUT2D eigenvalue weighted by Gasteiger charge is 2.10. The van der Waals surface area contributed by atoms with Crippen LogP contribution in [0.3, 0.4) is 0 Å². The number of amides is 1. The van der Waals surface area contributed by atoms with Crippen LogP contribution in [0, 0.1) is 0 Å². The Morgan fingerprint density at radius 1 is 1.08 bits per heavy atom. The maximum atomic E-state index is 11.8. The first kappa shape index (κ1) is 20.2. The van der Waals surface area contributed by atoms with Crippen molar-refractivity contribution >= 4 is 46.9 Å². The van der Waals surface area contributed by atoms with Gasteiger partial charge in [0.05, 0.1) is 35.5 Å². The molecule has 0 radical (unpaired) electrons. The molecule has 2 rings (SSSR count). The zero-order valence-corrected chi connectivity index (χ0v) is 16.2. The van der Waals surface area contributed by atoms with Crippen LogP contribution < -0.4 is 19.6 Å². The summed E-state index contributed by atoms with van der Waals surface area (Å²) in [6.45, 7) is -0.301. The van der Waals surface area contributed by atoms with Crippen molar-refractivity contribution in [1.82, 2.24) is 5.43 Å². The zero-order valence-electron chi connectivity index (χ0n) is 13.9. The molecule has 2 aromatic carbocycles. The summed E-state index contributed by atoms with van der Waals surface area (Å²) in [5.41, 5.74) is 2.98. The van der Waals surface area contributed by atoms with Gasteiger partial charge in [-0.25, -0.2) is 5.43 Å². The van der Waals surface area contributed by atoms with Gasteiger partial charge in [-0.3, -0.25) is 4.79 Å². The predicted octanol–water partition coefficient (Wildman–Crippen LogP) is 4.19. The van der Waals surface area contributed by atoms with Gasteiger partial charge in [0.2, 0.25) is 0 Å². The molecule has 0 aliphatic heterocycles. The fourth-order valence-corrected chi connectivity index (χ4v) is 2.57. The number of carbonyl (C=O) groups is 1. The maximum absolute atomic E-state index is 11.8. The number of nitrogens with one attached hydrogen (secondary N) is 1. The number of nitrogens with zero attached hydrogens (tertiary/aromatic N) is 1. The monoisotopic (exact) mass is 416 g/mol. The van der Waals surface area contributed by atoms with Gasteiger partial charge in [-0.1, -0.05) is 40.9 Å². The van der Waals surface area contributed by atoms with Gasteiger partial charge in [-0.2, -0.15) is 5.10 Å². The predicted molar refractivity (Wildman–Crippen MR) is 102 cm³/mol. The Hall–Kier alpha value is -2.15. The average molecular weight is 418 g/mol. The van der Waals surface area contributed by atoms with E-state index in [0.29, 0.717) is 22.1 Å². The number of methoxy groups -OCH3 is 2. The highest BCUT2D eigenvalue weighted by molar-refractivity contribution is 6.43. The van der Waals surface area contributed by atoms with Gasteiger partial charge in [-0.05, 0) is 18.2 Å². The number of carbonyl (C=O) groups excluding carboxylic acids is 1. The summed E-state index contributed by atoms with van der Waals surface area (Å²) in [5.74, 6) is 0.826. The lowest BCUT2D eigenvalue weighted by atomic mass is 10.2. The van der Waals surface area contributed by atoms with Gasteiger partial charge in [0.25, 0.3) is 5.91 Å². The van der Waals surface area contributed by atoms with Crippen molar-refractivity contribution in [2.24, 2.45) is 5.10 Å². The van der Waals surface area contributed by atoms with E-state index < -0.39 is 5.91 Å². The summed E-state index contributed by atoms with van der Waals surface area (Å²) in [4.78, 5) is 11.8. The van der Waals surface area contributed by atoms with Crippen molar-refractivity contribution in [1.29, 1.82) is 0 Å². The van der Waals surface area contributed by atoms with Crippen molar-refractivity contribution in [3.63, 3.8) is 0 Å². The minimum Gasteiger partial charge on any atom is -0.493 e. The Labute approximate surface area is 165 Å². The molecular weight excluding hydrogens is 403 g/mol. The third kappa shape index (κ3) is 5.17. The molecule has 1 amide bonds. The van der Waals surface area contributed by atoms with Crippen molar-refractivity contribution in [3.8, 4) is 17.2 Å². The molecule has 9 heteroatoms. The van der Waals surface area contributed by atoms with Gasteiger partial charge >= 0.3 is 0 Å². The van der Waals surface area contributed by atoms with Crippen LogP contribution >= 0.6 is 34.8 Å². The van der Waals surface area contributed by atoms with Gasteiger partial charge in [0.15, 0.2) is 18.1 Å². The summed E-state index contributed by atoms with van der Waals surface area (Å²) >= 11 is 17.7. The molecule has 6 nitrogen and oxygen atoms in total. The Morgan fingerprint density at radius 3 is 2.50 bits per heavy atom. The van der Waals surface area contributed by atoms with E-state index in [1.165, 1.54) is 32.6 Å². The van der Waals surface area contributed by atoms with Crippen LogP contribution in [0.4, 0.5) is 0 Å². The Morgan fingerprint density at radius 2 is 1.81 bits per heavy atom. The fourth-order valence-electron chi connectivity index (χ4n) is 1.98. The summed E-state index contributed by atoms with van der Waals surface area (Å²) in [7, 11) is 3.05. The number of hydrogen-bond donors (Lipinski definition) is 1. The molecule has 26 heavy (non-hydrogen) atoms. The molecular formula is C17H15Cl3N2O4. The molecule has 0 bridgehead atoms. The highest BCUT2D eigenvalue weighted by atomic mass is 35.5. The number of para-hydroxylation sites is 1. The lowest BCUT2D eigenvalue weighted by Crippen LogP contribution is -2.24. The summed E-state index contributed by atoms with van der Waals surface area (Å²) < 4.78 is 15.8. The van der Waals surface area contributed by atoms with E-state index in [2.05, 4.69) is 10.5 Å². The first-order valence-electron chi connectivity index (χ1n) is 7.26. The Balaban J connectivity index is 1.95. The van der Waals surface area contributed by atoms with Gasteiger partial charge in [0.1, 0.15) is 5.75 Å². The van der Waals surface area contributed by atoms with Gasteiger partial charge in [0, 0.05) is 11.6 Å². The maximum Gasteiger partial charge on any atom is 0.277 e. The Bertz CT molecular complexity index is 828. The first-order valence-corrected chi connectivity index (χ1v) is 8.40. The van der Waals surface area contributed by atoms with Crippen LogP contribution in [0.2, 0.25) is 15.1 Å². The minimum atomic E-state index is -0.481. The van der Waals surface area contributed by atoms with E-state index in [1.54, 1.807) is 18.2 Å². The van der Waals surface area contributed by atoms with Crippen LogP contribution in [0.1, 0.15) is 5.56 Å². The van der Waals surface area contributed by atoms with E-state index in [4.69, 9.17) is 49.0 Å². The third-order valence-electron chi connectivity index (χ3n) is 3.16. The second kappa shape index (κ2) is 9.52. The van der Waals surface area contributed by atoms with Crippen LogP contribution in [0.25, 0.3) is 0 Å². The number of ether oxygens (including phenoxy) is 3.